The zero-order chi connectivity index (χ0) is 20.6. The van der Waals surface area contributed by atoms with Crippen molar-refractivity contribution in [3.05, 3.63) is 90.0 Å². The SMILES string of the molecule is CCC(C(=O)Nc1ccc(C(=O)Nc2ccccc2OC)cc1)c1ccccc1. The molecule has 0 aliphatic heterocycles. The summed E-state index contributed by atoms with van der Waals surface area (Å²) in [6.07, 6.45) is 0.704. The maximum Gasteiger partial charge on any atom is 0.255 e. The first-order valence-electron chi connectivity index (χ1n) is 9.52. The molecule has 29 heavy (non-hydrogen) atoms. The Hall–Kier alpha value is -3.60. The molecule has 3 aromatic rings. The van der Waals surface area contributed by atoms with Crippen LogP contribution < -0.4 is 15.4 Å². The highest BCUT2D eigenvalue weighted by Crippen LogP contribution is 2.24. The molecular weight excluding hydrogens is 364 g/mol. The van der Waals surface area contributed by atoms with E-state index in [2.05, 4.69) is 10.6 Å². The molecule has 1 atom stereocenters. The summed E-state index contributed by atoms with van der Waals surface area (Å²) in [5.41, 5.74) is 2.73. The van der Waals surface area contributed by atoms with Gasteiger partial charge in [-0.1, -0.05) is 49.4 Å². The number of anilines is 2. The Morgan fingerprint density at radius 2 is 1.52 bits per heavy atom. The van der Waals surface area contributed by atoms with Gasteiger partial charge in [0.1, 0.15) is 5.75 Å². The number of hydrogen-bond donors (Lipinski definition) is 2. The minimum absolute atomic E-state index is 0.0649. The van der Waals surface area contributed by atoms with Gasteiger partial charge in [0.25, 0.3) is 5.91 Å². The van der Waals surface area contributed by atoms with E-state index in [4.69, 9.17) is 4.74 Å². The van der Waals surface area contributed by atoms with Gasteiger partial charge in [0.15, 0.2) is 0 Å². The minimum atomic E-state index is -0.247. The van der Waals surface area contributed by atoms with Crippen LogP contribution in [0.15, 0.2) is 78.9 Å². The molecule has 0 fully saturated rings. The Morgan fingerprint density at radius 3 is 2.17 bits per heavy atom. The molecule has 148 valence electrons. The van der Waals surface area contributed by atoms with E-state index >= 15 is 0 Å². The second-order valence-corrected chi connectivity index (χ2v) is 6.59. The fourth-order valence-electron chi connectivity index (χ4n) is 3.13. The van der Waals surface area contributed by atoms with Crippen LogP contribution in [0.1, 0.15) is 35.2 Å². The largest absolute Gasteiger partial charge is 0.495 e. The number of amides is 2. The predicted octanol–water partition coefficient (Wildman–Crippen LogP) is 5.08. The van der Waals surface area contributed by atoms with Crippen molar-refractivity contribution in [3.63, 3.8) is 0 Å². The van der Waals surface area contributed by atoms with Gasteiger partial charge in [-0.2, -0.15) is 0 Å². The highest BCUT2D eigenvalue weighted by atomic mass is 16.5. The van der Waals surface area contributed by atoms with Gasteiger partial charge < -0.3 is 15.4 Å². The lowest BCUT2D eigenvalue weighted by Gasteiger charge is -2.15. The maximum absolute atomic E-state index is 12.7. The van der Waals surface area contributed by atoms with Crippen molar-refractivity contribution < 1.29 is 14.3 Å². The molecule has 2 amide bonds. The van der Waals surface area contributed by atoms with E-state index < -0.39 is 0 Å². The molecule has 5 nitrogen and oxygen atoms in total. The zero-order valence-electron chi connectivity index (χ0n) is 16.5. The molecule has 0 aliphatic rings. The molecule has 2 N–H and O–H groups in total. The van der Waals surface area contributed by atoms with Crippen LogP contribution in [-0.2, 0) is 4.79 Å². The van der Waals surface area contributed by atoms with Crippen LogP contribution in [-0.4, -0.2) is 18.9 Å². The standard InChI is InChI=1S/C24H24N2O3/c1-3-20(17-9-5-4-6-10-17)24(28)25-19-15-13-18(14-16-19)23(27)26-21-11-7-8-12-22(21)29-2/h4-16,20H,3H2,1-2H3,(H,25,28)(H,26,27). The van der Waals surface area contributed by atoms with E-state index in [0.29, 0.717) is 29.1 Å². The lowest BCUT2D eigenvalue weighted by molar-refractivity contribution is -0.117. The van der Waals surface area contributed by atoms with E-state index in [0.717, 1.165) is 5.56 Å². The summed E-state index contributed by atoms with van der Waals surface area (Å²) in [5, 5.41) is 5.77. The average Bonchev–Trinajstić information content (AvgIpc) is 2.76. The fraction of sp³-hybridized carbons (Fsp3) is 0.167. The number of carbonyl (C=O) groups excluding carboxylic acids is 2. The van der Waals surface area contributed by atoms with E-state index in [1.165, 1.54) is 0 Å². The van der Waals surface area contributed by atoms with Crippen molar-refractivity contribution in [1.29, 1.82) is 0 Å². The fourth-order valence-corrected chi connectivity index (χ4v) is 3.13. The number of para-hydroxylation sites is 2. The molecule has 0 radical (unpaired) electrons. The molecular formula is C24H24N2O3. The van der Waals surface area contributed by atoms with Crippen molar-refractivity contribution in [2.24, 2.45) is 0 Å². The summed E-state index contributed by atoms with van der Waals surface area (Å²) in [6.45, 7) is 1.99. The molecule has 0 spiro atoms. The summed E-state index contributed by atoms with van der Waals surface area (Å²) in [6, 6.07) is 23.8. The molecule has 1 unspecified atom stereocenters. The van der Waals surface area contributed by atoms with Gasteiger partial charge in [0.05, 0.1) is 18.7 Å². The van der Waals surface area contributed by atoms with E-state index in [-0.39, 0.29) is 17.7 Å². The first-order chi connectivity index (χ1) is 14.1. The molecule has 5 heteroatoms. The predicted molar refractivity (Wildman–Crippen MR) is 115 cm³/mol. The Bertz CT molecular complexity index is 969. The van der Waals surface area contributed by atoms with Crippen LogP contribution in [0.2, 0.25) is 0 Å². The Labute approximate surface area is 170 Å². The number of benzene rings is 3. The van der Waals surface area contributed by atoms with E-state index in [9.17, 15) is 9.59 Å². The van der Waals surface area contributed by atoms with Crippen molar-refractivity contribution in [2.75, 3.05) is 17.7 Å². The number of rotatable bonds is 7. The van der Waals surface area contributed by atoms with Crippen molar-refractivity contribution in [2.45, 2.75) is 19.3 Å². The number of carbonyl (C=O) groups is 2. The van der Waals surface area contributed by atoms with Gasteiger partial charge in [-0.25, -0.2) is 0 Å². The Morgan fingerprint density at radius 1 is 0.862 bits per heavy atom. The first kappa shape index (κ1) is 20.1. The molecule has 0 aromatic heterocycles. The molecule has 0 bridgehead atoms. The third-order valence-electron chi connectivity index (χ3n) is 4.70. The van der Waals surface area contributed by atoms with Crippen LogP contribution in [0.4, 0.5) is 11.4 Å². The molecule has 0 saturated heterocycles. The van der Waals surface area contributed by atoms with Gasteiger partial charge in [0.2, 0.25) is 5.91 Å². The second-order valence-electron chi connectivity index (χ2n) is 6.59. The number of nitrogens with one attached hydrogen (secondary N) is 2. The molecule has 0 saturated carbocycles. The van der Waals surface area contributed by atoms with Gasteiger partial charge in [-0.05, 0) is 48.4 Å². The molecule has 0 aliphatic carbocycles. The number of hydrogen-bond acceptors (Lipinski definition) is 3. The van der Waals surface area contributed by atoms with Crippen LogP contribution in [0.3, 0.4) is 0 Å². The minimum Gasteiger partial charge on any atom is -0.495 e. The van der Waals surface area contributed by atoms with Crippen LogP contribution >= 0.6 is 0 Å². The quantitative estimate of drug-likeness (QED) is 0.593. The van der Waals surface area contributed by atoms with E-state index in [1.807, 2.05) is 49.4 Å². The van der Waals surface area contributed by atoms with E-state index in [1.54, 1.807) is 43.5 Å². The molecule has 0 heterocycles. The Kier molecular flexibility index (Phi) is 6.63. The zero-order valence-corrected chi connectivity index (χ0v) is 16.5. The lowest BCUT2D eigenvalue weighted by atomic mass is 9.95. The van der Waals surface area contributed by atoms with Crippen molar-refractivity contribution in [1.82, 2.24) is 0 Å². The van der Waals surface area contributed by atoms with Crippen molar-refractivity contribution in [3.8, 4) is 5.75 Å². The van der Waals surface area contributed by atoms with Crippen LogP contribution in [0, 0.1) is 0 Å². The number of ether oxygens (including phenoxy) is 1. The van der Waals surface area contributed by atoms with Gasteiger partial charge >= 0.3 is 0 Å². The lowest BCUT2D eigenvalue weighted by Crippen LogP contribution is -2.20. The summed E-state index contributed by atoms with van der Waals surface area (Å²) >= 11 is 0. The van der Waals surface area contributed by atoms with Gasteiger partial charge in [0, 0.05) is 11.3 Å². The smallest absolute Gasteiger partial charge is 0.255 e. The number of methoxy groups -OCH3 is 1. The second kappa shape index (κ2) is 9.55. The normalized spacial score (nSPS) is 11.4. The highest BCUT2D eigenvalue weighted by Gasteiger charge is 2.18. The summed E-state index contributed by atoms with van der Waals surface area (Å²) in [5.74, 6) is 0.0639. The van der Waals surface area contributed by atoms with Gasteiger partial charge in [-0.15, -0.1) is 0 Å². The maximum atomic E-state index is 12.7. The topological polar surface area (TPSA) is 67.4 Å². The van der Waals surface area contributed by atoms with Crippen molar-refractivity contribution >= 4 is 23.2 Å². The van der Waals surface area contributed by atoms with Crippen LogP contribution in [0.5, 0.6) is 5.75 Å². The summed E-state index contributed by atoms with van der Waals surface area (Å²) < 4.78 is 5.25. The van der Waals surface area contributed by atoms with Gasteiger partial charge in [-0.3, -0.25) is 9.59 Å². The third-order valence-corrected chi connectivity index (χ3v) is 4.70. The monoisotopic (exact) mass is 388 g/mol. The molecule has 3 rings (SSSR count). The first-order valence-corrected chi connectivity index (χ1v) is 9.52. The Balaban J connectivity index is 1.66. The summed E-state index contributed by atoms with van der Waals surface area (Å²) in [4.78, 5) is 25.2. The molecule has 3 aromatic carbocycles. The summed E-state index contributed by atoms with van der Waals surface area (Å²) in [7, 11) is 1.56. The average molecular weight is 388 g/mol. The highest BCUT2D eigenvalue weighted by molar-refractivity contribution is 6.05. The third kappa shape index (κ3) is 5.02. The van der Waals surface area contributed by atoms with Crippen LogP contribution in [0.25, 0.3) is 0 Å².